The fraction of sp³-hybridized carbons (Fsp3) is 0.273. The van der Waals surface area contributed by atoms with E-state index >= 15 is 0 Å². The molecule has 1 rings (SSSR count). The molecule has 0 saturated heterocycles. The van der Waals surface area contributed by atoms with Crippen LogP contribution in [0.2, 0.25) is 0 Å². The lowest BCUT2D eigenvalue weighted by Crippen LogP contribution is -1.95. The summed E-state index contributed by atoms with van der Waals surface area (Å²) >= 11 is 5.37. The minimum atomic E-state index is 0.521. The van der Waals surface area contributed by atoms with Crippen molar-refractivity contribution in [1.29, 1.82) is 0 Å². The van der Waals surface area contributed by atoms with Crippen molar-refractivity contribution in [2.24, 2.45) is 0 Å². The Morgan fingerprint density at radius 3 is 2.77 bits per heavy atom. The van der Waals surface area contributed by atoms with Gasteiger partial charge in [-0.3, -0.25) is 0 Å². The van der Waals surface area contributed by atoms with Crippen molar-refractivity contribution in [2.45, 2.75) is 13.8 Å². The van der Waals surface area contributed by atoms with E-state index in [2.05, 4.69) is 13.0 Å². The number of hydrogen-bond acceptors (Lipinski definition) is 1. The summed E-state index contributed by atoms with van der Waals surface area (Å²) in [5, 5.41) is 0. The zero-order chi connectivity index (χ0) is 9.68. The van der Waals surface area contributed by atoms with E-state index in [1.54, 1.807) is 6.08 Å². The second-order valence-corrected chi connectivity index (χ2v) is 3.19. The Morgan fingerprint density at radius 2 is 2.15 bits per heavy atom. The molecule has 0 aliphatic carbocycles. The third-order valence-electron chi connectivity index (χ3n) is 1.75. The van der Waals surface area contributed by atoms with Gasteiger partial charge in [-0.25, -0.2) is 0 Å². The largest absolute Gasteiger partial charge is 0.489 e. The van der Waals surface area contributed by atoms with Crippen LogP contribution in [0.1, 0.15) is 11.1 Å². The maximum atomic E-state index is 5.46. The number of halogens is 1. The lowest BCUT2D eigenvalue weighted by atomic mass is 10.1. The topological polar surface area (TPSA) is 9.23 Å². The molecule has 1 aromatic carbocycles. The minimum Gasteiger partial charge on any atom is -0.489 e. The van der Waals surface area contributed by atoms with Gasteiger partial charge in [0.25, 0.3) is 0 Å². The van der Waals surface area contributed by atoms with E-state index in [9.17, 15) is 0 Å². The predicted octanol–water partition coefficient (Wildman–Crippen LogP) is 3.43. The van der Waals surface area contributed by atoms with Gasteiger partial charge in [-0.2, -0.15) is 0 Å². The first kappa shape index (κ1) is 10.1. The molecule has 1 nitrogen and oxygen atoms in total. The molecule has 0 saturated carbocycles. The van der Waals surface area contributed by atoms with E-state index < -0.39 is 0 Å². The minimum absolute atomic E-state index is 0.521. The molecule has 0 amide bonds. The van der Waals surface area contributed by atoms with Gasteiger partial charge in [0.15, 0.2) is 0 Å². The van der Waals surface area contributed by atoms with E-state index in [-0.39, 0.29) is 0 Å². The van der Waals surface area contributed by atoms with E-state index in [1.165, 1.54) is 11.1 Å². The van der Waals surface area contributed by atoms with Crippen LogP contribution in [-0.2, 0) is 0 Å². The standard InChI is InChI=1S/C11H13ClO/c1-9-4-5-11(10(2)8-9)13-7-3-6-12/h3-6,8H,7H2,1-2H3. The van der Waals surface area contributed by atoms with Crippen LogP contribution in [0, 0.1) is 13.8 Å². The van der Waals surface area contributed by atoms with Gasteiger partial charge in [-0.1, -0.05) is 29.3 Å². The van der Waals surface area contributed by atoms with Crippen molar-refractivity contribution < 1.29 is 4.74 Å². The average Bonchev–Trinajstić information content (AvgIpc) is 2.09. The number of aryl methyl sites for hydroxylation is 2. The first-order valence-corrected chi connectivity index (χ1v) is 4.63. The zero-order valence-corrected chi connectivity index (χ0v) is 8.64. The Hall–Kier alpha value is -0.950. The summed E-state index contributed by atoms with van der Waals surface area (Å²) in [5.41, 5.74) is 3.87. The third kappa shape index (κ3) is 3.11. The van der Waals surface area contributed by atoms with Gasteiger partial charge < -0.3 is 4.74 Å². The van der Waals surface area contributed by atoms with Crippen molar-refractivity contribution in [1.82, 2.24) is 0 Å². The van der Waals surface area contributed by atoms with Crippen molar-refractivity contribution in [3.05, 3.63) is 40.9 Å². The molecule has 70 valence electrons. The Bertz CT molecular complexity index is 305. The number of ether oxygens (including phenoxy) is 1. The molecule has 0 aromatic heterocycles. The Balaban J connectivity index is 2.66. The molecule has 0 aliphatic heterocycles. The van der Waals surface area contributed by atoms with E-state index in [0.717, 1.165) is 11.3 Å². The van der Waals surface area contributed by atoms with Gasteiger partial charge in [0.05, 0.1) is 0 Å². The van der Waals surface area contributed by atoms with Crippen LogP contribution < -0.4 is 4.74 Å². The zero-order valence-electron chi connectivity index (χ0n) is 7.88. The molecule has 1 aromatic rings. The summed E-state index contributed by atoms with van der Waals surface area (Å²) in [6.45, 7) is 4.62. The van der Waals surface area contributed by atoms with E-state index in [1.807, 2.05) is 19.1 Å². The lowest BCUT2D eigenvalue weighted by molar-refractivity contribution is 0.360. The fourth-order valence-electron chi connectivity index (χ4n) is 1.14. The smallest absolute Gasteiger partial charge is 0.122 e. The van der Waals surface area contributed by atoms with E-state index in [4.69, 9.17) is 16.3 Å². The highest BCUT2D eigenvalue weighted by Crippen LogP contribution is 2.18. The highest BCUT2D eigenvalue weighted by Gasteiger charge is 1.97. The fourth-order valence-corrected chi connectivity index (χ4v) is 1.21. The molecule has 0 fully saturated rings. The second kappa shape index (κ2) is 4.93. The number of hydrogen-bond donors (Lipinski definition) is 0. The summed E-state index contributed by atoms with van der Waals surface area (Å²) in [4.78, 5) is 0. The van der Waals surface area contributed by atoms with Gasteiger partial charge in [0.2, 0.25) is 0 Å². The van der Waals surface area contributed by atoms with Crippen LogP contribution in [0.25, 0.3) is 0 Å². The normalized spacial score (nSPS) is 10.7. The van der Waals surface area contributed by atoms with E-state index in [0.29, 0.717) is 6.61 Å². The van der Waals surface area contributed by atoms with Gasteiger partial charge in [-0.05, 0) is 31.6 Å². The maximum Gasteiger partial charge on any atom is 0.122 e. The maximum absolute atomic E-state index is 5.46. The molecule has 0 N–H and O–H groups in total. The van der Waals surface area contributed by atoms with Crippen LogP contribution in [0.15, 0.2) is 29.8 Å². The Labute approximate surface area is 84.0 Å². The molecule has 0 atom stereocenters. The lowest BCUT2D eigenvalue weighted by Gasteiger charge is -2.06. The van der Waals surface area contributed by atoms with Crippen molar-refractivity contribution >= 4 is 11.6 Å². The molecule has 0 spiro atoms. The predicted molar refractivity (Wildman–Crippen MR) is 56.4 cm³/mol. The molecule has 13 heavy (non-hydrogen) atoms. The molecule has 0 aliphatic rings. The van der Waals surface area contributed by atoms with Gasteiger partial charge >= 0.3 is 0 Å². The third-order valence-corrected chi connectivity index (χ3v) is 1.93. The first-order chi connectivity index (χ1) is 6.24. The summed E-state index contributed by atoms with van der Waals surface area (Å²) in [6.07, 6.45) is 1.76. The SMILES string of the molecule is Cc1ccc(OCC=CCl)c(C)c1. The highest BCUT2D eigenvalue weighted by molar-refractivity contribution is 6.25. The molecular weight excluding hydrogens is 184 g/mol. The Kier molecular flexibility index (Phi) is 3.84. The van der Waals surface area contributed by atoms with Crippen LogP contribution >= 0.6 is 11.6 Å². The molecule has 2 heteroatoms. The second-order valence-electron chi connectivity index (χ2n) is 2.94. The molecule has 0 bridgehead atoms. The van der Waals surface area contributed by atoms with Crippen molar-refractivity contribution in [2.75, 3.05) is 6.61 Å². The Morgan fingerprint density at radius 1 is 1.38 bits per heavy atom. The molecule has 0 radical (unpaired) electrons. The monoisotopic (exact) mass is 196 g/mol. The van der Waals surface area contributed by atoms with Crippen LogP contribution in [0.5, 0.6) is 5.75 Å². The van der Waals surface area contributed by atoms with Gasteiger partial charge in [0, 0.05) is 5.54 Å². The van der Waals surface area contributed by atoms with Crippen molar-refractivity contribution in [3.63, 3.8) is 0 Å². The van der Waals surface area contributed by atoms with Crippen LogP contribution in [0.4, 0.5) is 0 Å². The van der Waals surface area contributed by atoms with Gasteiger partial charge in [0.1, 0.15) is 12.4 Å². The van der Waals surface area contributed by atoms with Crippen LogP contribution in [-0.4, -0.2) is 6.61 Å². The summed E-state index contributed by atoms with van der Waals surface area (Å²) in [7, 11) is 0. The summed E-state index contributed by atoms with van der Waals surface area (Å²) in [6, 6.07) is 6.11. The van der Waals surface area contributed by atoms with Gasteiger partial charge in [-0.15, -0.1) is 0 Å². The number of rotatable bonds is 3. The summed E-state index contributed by atoms with van der Waals surface area (Å²) < 4.78 is 5.46. The van der Waals surface area contributed by atoms with Crippen molar-refractivity contribution in [3.8, 4) is 5.75 Å². The number of benzene rings is 1. The highest BCUT2D eigenvalue weighted by atomic mass is 35.5. The summed E-state index contributed by atoms with van der Waals surface area (Å²) in [5.74, 6) is 0.917. The average molecular weight is 197 g/mol. The first-order valence-electron chi connectivity index (χ1n) is 4.19. The molecule has 0 unspecified atom stereocenters. The van der Waals surface area contributed by atoms with Crippen LogP contribution in [0.3, 0.4) is 0 Å². The quantitative estimate of drug-likeness (QED) is 0.720. The molecular formula is C11H13ClO. The molecule has 0 heterocycles.